The minimum Gasteiger partial charge on any atom is -0.497 e. The fourth-order valence-electron chi connectivity index (χ4n) is 2.94. The summed E-state index contributed by atoms with van der Waals surface area (Å²) in [6.45, 7) is -2.69. The van der Waals surface area contributed by atoms with E-state index < -0.39 is 6.61 Å². The first-order valence-electron chi connectivity index (χ1n) is 9.69. The number of carbonyl (C=O) groups is 1. The number of carbonyl (C=O) groups excluding carboxylic acids is 1. The van der Waals surface area contributed by atoms with Gasteiger partial charge in [-0.15, -0.1) is 0 Å². The number of alkyl halides is 2. The van der Waals surface area contributed by atoms with Gasteiger partial charge in [0.2, 0.25) is 0 Å². The average Bonchev–Trinajstić information content (AvgIpc) is 2.81. The molecule has 0 saturated carbocycles. The molecular formula is C25H22F2O5. The van der Waals surface area contributed by atoms with Crippen LogP contribution in [0.25, 0.3) is 6.08 Å². The Morgan fingerprint density at radius 2 is 1.66 bits per heavy atom. The number of ketones is 1. The number of halogens is 2. The van der Waals surface area contributed by atoms with Gasteiger partial charge in [-0.2, -0.15) is 8.78 Å². The van der Waals surface area contributed by atoms with Crippen LogP contribution in [-0.2, 0) is 6.61 Å². The van der Waals surface area contributed by atoms with E-state index in [1.54, 1.807) is 56.7 Å². The van der Waals surface area contributed by atoms with E-state index in [1.165, 1.54) is 30.3 Å². The molecule has 0 spiro atoms. The lowest BCUT2D eigenvalue weighted by atomic mass is 10.1. The van der Waals surface area contributed by atoms with Crippen LogP contribution in [0.2, 0.25) is 0 Å². The molecule has 0 unspecified atom stereocenters. The molecule has 0 amide bonds. The Balaban J connectivity index is 1.71. The number of benzene rings is 3. The molecule has 0 N–H and O–H groups in total. The minimum absolute atomic E-state index is 0.0679. The molecule has 3 rings (SSSR count). The van der Waals surface area contributed by atoms with Gasteiger partial charge in [0.1, 0.15) is 29.6 Å². The van der Waals surface area contributed by atoms with E-state index in [4.69, 9.17) is 14.2 Å². The maximum absolute atomic E-state index is 12.4. The highest BCUT2D eigenvalue weighted by molar-refractivity contribution is 6.07. The topological polar surface area (TPSA) is 54.0 Å². The van der Waals surface area contributed by atoms with Crippen molar-refractivity contribution in [2.45, 2.75) is 13.2 Å². The Labute approximate surface area is 184 Å². The van der Waals surface area contributed by atoms with E-state index in [0.29, 0.717) is 11.5 Å². The minimum atomic E-state index is -2.95. The summed E-state index contributed by atoms with van der Waals surface area (Å²) in [5.74, 6) is 1.66. The third kappa shape index (κ3) is 6.31. The van der Waals surface area contributed by atoms with Crippen molar-refractivity contribution in [3.8, 4) is 23.0 Å². The molecule has 32 heavy (non-hydrogen) atoms. The van der Waals surface area contributed by atoms with Gasteiger partial charge in [-0.1, -0.05) is 24.3 Å². The summed E-state index contributed by atoms with van der Waals surface area (Å²) in [5, 5.41) is 0. The van der Waals surface area contributed by atoms with E-state index in [9.17, 15) is 13.6 Å². The van der Waals surface area contributed by atoms with Crippen LogP contribution in [0.3, 0.4) is 0 Å². The summed E-state index contributed by atoms with van der Waals surface area (Å²) in [5.41, 5.74) is 1.80. The first kappa shape index (κ1) is 22.8. The molecule has 0 fully saturated rings. The number of rotatable bonds is 10. The van der Waals surface area contributed by atoms with E-state index in [2.05, 4.69) is 4.74 Å². The van der Waals surface area contributed by atoms with E-state index in [1.807, 2.05) is 6.07 Å². The highest BCUT2D eigenvalue weighted by atomic mass is 19.3. The van der Waals surface area contributed by atoms with Crippen molar-refractivity contribution in [3.63, 3.8) is 0 Å². The van der Waals surface area contributed by atoms with Crippen molar-refractivity contribution >= 4 is 11.9 Å². The molecule has 0 radical (unpaired) electrons. The maximum atomic E-state index is 12.4. The van der Waals surface area contributed by atoms with Crippen molar-refractivity contribution in [2.75, 3.05) is 14.2 Å². The third-order valence-electron chi connectivity index (χ3n) is 4.53. The van der Waals surface area contributed by atoms with Gasteiger partial charge in [0.15, 0.2) is 5.78 Å². The second kappa shape index (κ2) is 10.9. The Hall–Kier alpha value is -3.87. The van der Waals surface area contributed by atoms with Crippen LogP contribution >= 0.6 is 0 Å². The number of methoxy groups -OCH3 is 2. The molecular weight excluding hydrogens is 418 g/mol. The van der Waals surface area contributed by atoms with Crippen LogP contribution < -0.4 is 18.9 Å². The third-order valence-corrected chi connectivity index (χ3v) is 4.53. The summed E-state index contributed by atoms with van der Waals surface area (Å²) in [4.78, 5) is 12.4. The predicted molar refractivity (Wildman–Crippen MR) is 117 cm³/mol. The second-order valence-corrected chi connectivity index (χ2v) is 6.64. The molecule has 0 aliphatic carbocycles. The molecule has 5 nitrogen and oxygen atoms in total. The summed E-state index contributed by atoms with van der Waals surface area (Å²) in [7, 11) is 3.16. The van der Waals surface area contributed by atoms with Crippen molar-refractivity contribution in [1.82, 2.24) is 0 Å². The van der Waals surface area contributed by atoms with Crippen molar-refractivity contribution < 1.29 is 32.5 Å². The summed E-state index contributed by atoms with van der Waals surface area (Å²) >= 11 is 0. The monoisotopic (exact) mass is 440 g/mol. The van der Waals surface area contributed by atoms with Crippen LogP contribution in [0.15, 0.2) is 72.8 Å². The van der Waals surface area contributed by atoms with Gasteiger partial charge in [0.25, 0.3) is 0 Å². The van der Waals surface area contributed by atoms with Gasteiger partial charge < -0.3 is 18.9 Å². The van der Waals surface area contributed by atoms with Crippen molar-refractivity contribution in [1.29, 1.82) is 0 Å². The Morgan fingerprint density at radius 3 is 2.34 bits per heavy atom. The largest absolute Gasteiger partial charge is 0.497 e. The van der Waals surface area contributed by atoms with Gasteiger partial charge in [0.05, 0.1) is 14.2 Å². The zero-order valence-electron chi connectivity index (χ0n) is 17.6. The molecule has 0 aromatic heterocycles. The SMILES string of the molecule is COc1ccc(OCc2cc(/C=C/C(=O)c3cccc(OC(F)F)c3)ccc2OC)cc1. The van der Waals surface area contributed by atoms with Gasteiger partial charge in [-0.05, 0) is 60.2 Å². The first-order chi connectivity index (χ1) is 15.5. The Kier molecular flexibility index (Phi) is 7.80. The zero-order chi connectivity index (χ0) is 22.9. The summed E-state index contributed by atoms with van der Waals surface area (Å²) in [6.07, 6.45) is 3.01. The van der Waals surface area contributed by atoms with Gasteiger partial charge in [-0.25, -0.2) is 0 Å². The van der Waals surface area contributed by atoms with E-state index in [-0.39, 0.29) is 23.7 Å². The number of hydrogen-bond acceptors (Lipinski definition) is 5. The molecule has 166 valence electrons. The van der Waals surface area contributed by atoms with Crippen LogP contribution in [0.4, 0.5) is 8.78 Å². The quantitative estimate of drug-likeness (QED) is 0.295. The van der Waals surface area contributed by atoms with Gasteiger partial charge >= 0.3 is 6.61 Å². The molecule has 3 aromatic rings. The highest BCUT2D eigenvalue weighted by Gasteiger charge is 2.09. The Bertz CT molecular complexity index is 1080. The molecule has 0 saturated heterocycles. The second-order valence-electron chi connectivity index (χ2n) is 6.64. The van der Waals surface area contributed by atoms with E-state index >= 15 is 0 Å². The lowest BCUT2D eigenvalue weighted by Crippen LogP contribution is -2.03. The normalized spacial score (nSPS) is 10.9. The lowest BCUT2D eigenvalue weighted by molar-refractivity contribution is -0.0498. The smallest absolute Gasteiger partial charge is 0.387 e. The van der Waals surface area contributed by atoms with E-state index in [0.717, 1.165) is 16.9 Å². The van der Waals surface area contributed by atoms with Gasteiger partial charge in [0, 0.05) is 11.1 Å². The Morgan fingerprint density at radius 1 is 0.906 bits per heavy atom. The fourth-order valence-corrected chi connectivity index (χ4v) is 2.94. The molecule has 0 bridgehead atoms. The molecule has 0 atom stereocenters. The average molecular weight is 440 g/mol. The van der Waals surface area contributed by atoms with Crippen molar-refractivity contribution in [2.24, 2.45) is 0 Å². The van der Waals surface area contributed by atoms with Crippen LogP contribution in [0.1, 0.15) is 21.5 Å². The number of hydrogen-bond donors (Lipinski definition) is 0. The summed E-state index contributed by atoms with van der Waals surface area (Å²) in [6, 6.07) is 18.3. The molecule has 3 aromatic carbocycles. The van der Waals surface area contributed by atoms with Crippen LogP contribution in [0, 0.1) is 0 Å². The van der Waals surface area contributed by atoms with Gasteiger partial charge in [-0.3, -0.25) is 4.79 Å². The molecule has 0 heterocycles. The summed E-state index contributed by atoms with van der Waals surface area (Å²) < 4.78 is 45.5. The fraction of sp³-hybridized carbons (Fsp3) is 0.160. The number of ether oxygens (including phenoxy) is 4. The molecule has 7 heteroatoms. The lowest BCUT2D eigenvalue weighted by Gasteiger charge is -2.11. The van der Waals surface area contributed by atoms with Crippen LogP contribution in [0.5, 0.6) is 23.0 Å². The highest BCUT2D eigenvalue weighted by Crippen LogP contribution is 2.24. The molecule has 0 aliphatic rings. The standard InChI is InChI=1S/C25H22F2O5/c1-29-20-8-10-21(11-9-20)31-16-19-14-17(7-13-24(19)30-2)6-12-23(28)18-4-3-5-22(15-18)32-25(26)27/h3-15,25H,16H2,1-2H3/b12-6+. The molecule has 0 aliphatic heterocycles. The van der Waals surface area contributed by atoms with Crippen molar-refractivity contribution in [3.05, 3.63) is 89.5 Å². The zero-order valence-corrected chi connectivity index (χ0v) is 17.6. The maximum Gasteiger partial charge on any atom is 0.387 e. The van der Waals surface area contributed by atoms with Crippen LogP contribution in [-0.4, -0.2) is 26.6 Å². The first-order valence-corrected chi connectivity index (χ1v) is 9.69. The predicted octanol–water partition coefficient (Wildman–Crippen LogP) is 5.78. The number of allylic oxidation sites excluding steroid dienone is 1.